The first kappa shape index (κ1) is 14.5. The minimum absolute atomic E-state index is 0.0939. The summed E-state index contributed by atoms with van der Waals surface area (Å²) in [4.78, 5) is 13.6. The number of carbonyl (C=O) groups excluding carboxylic acids is 1. The van der Waals surface area contributed by atoms with Crippen molar-refractivity contribution in [1.82, 2.24) is 10.2 Å². The van der Waals surface area contributed by atoms with E-state index in [1.807, 2.05) is 18.7 Å². The number of aliphatic hydroxyl groups is 1. The molecule has 4 nitrogen and oxygen atoms in total. The highest BCUT2D eigenvalue weighted by molar-refractivity contribution is 5.78. The van der Waals surface area contributed by atoms with Gasteiger partial charge in [0.15, 0.2) is 0 Å². The Kier molecular flexibility index (Phi) is 6.52. The predicted octanol–water partition coefficient (Wildman–Crippen LogP) is 0.995. The molecule has 0 aromatic carbocycles. The Morgan fingerprint density at radius 2 is 1.82 bits per heavy atom. The van der Waals surface area contributed by atoms with Gasteiger partial charge in [0, 0.05) is 13.1 Å². The zero-order chi connectivity index (χ0) is 12.7. The van der Waals surface area contributed by atoms with E-state index in [0.29, 0.717) is 12.5 Å². The molecule has 100 valence electrons. The molecule has 0 aromatic heterocycles. The fourth-order valence-corrected chi connectivity index (χ4v) is 2.42. The number of aliphatic hydroxyl groups excluding tert-OH is 1. The van der Waals surface area contributed by atoms with Gasteiger partial charge in [0.05, 0.1) is 12.6 Å². The molecule has 1 rings (SSSR count). The maximum atomic E-state index is 11.7. The van der Waals surface area contributed by atoms with Crippen LogP contribution in [0.3, 0.4) is 0 Å². The fraction of sp³-hybridized carbons (Fsp3) is 0.923. The van der Waals surface area contributed by atoms with E-state index < -0.39 is 0 Å². The van der Waals surface area contributed by atoms with Gasteiger partial charge < -0.3 is 15.3 Å². The maximum Gasteiger partial charge on any atom is 0.236 e. The normalized spacial score (nSPS) is 24.6. The molecule has 1 aliphatic carbocycles. The molecule has 0 heterocycles. The third-order valence-electron chi connectivity index (χ3n) is 3.64. The van der Waals surface area contributed by atoms with E-state index in [1.165, 1.54) is 0 Å². The number of hydrogen-bond donors (Lipinski definition) is 2. The van der Waals surface area contributed by atoms with Gasteiger partial charge in [-0.15, -0.1) is 0 Å². The van der Waals surface area contributed by atoms with Crippen molar-refractivity contribution in [2.24, 2.45) is 5.92 Å². The van der Waals surface area contributed by atoms with Gasteiger partial charge in [0.1, 0.15) is 0 Å². The van der Waals surface area contributed by atoms with Gasteiger partial charge in [-0.25, -0.2) is 0 Å². The molecule has 1 saturated carbocycles. The summed E-state index contributed by atoms with van der Waals surface area (Å²) in [6.45, 7) is 6.92. The number of nitrogens with one attached hydrogen (secondary N) is 1. The van der Waals surface area contributed by atoms with Crippen LogP contribution in [0, 0.1) is 5.92 Å². The molecule has 2 N–H and O–H groups in total. The van der Waals surface area contributed by atoms with Crippen LogP contribution in [0.1, 0.15) is 39.5 Å². The molecule has 1 aliphatic rings. The Balaban J connectivity index is 2.13. The third-order valence-corrected chi connectivity index (χ3v) is 3.64. The molecule has 17 heavy (non-hydrogen) atoms. The summed E-state index contributed by atoms with van der Waals surface area (Å²) < 4.78 is 0. The van der Waals surface area contributed by atoms with Crippen LogP contribution < -0.4 is 5.32 Å². The van der Waals surface area contributed by atoms with Gasteiger partial charge in [0.2, 0.25) is 5.91 Å². The van der Waals surface area contributed by atoms with Crippen LogP contribution in [-0.2, 0) is 4.79 Å². The molecule has 0 unspecified atom stereocenters. The van der Waals surface area contributed by atoms with Gasteiger partial charge in [-0.05, 0) is 52.0 Å². The zero-order valence-electron chi connectivity index (χ0n) is 11.1. The average Bonchev–Trinajstić information content (AvgIpc) is 2.33. The van der Waals surface area contributed by atoms with Crippen molar-refractivity contribution in [2.45, 2.75) is 45.6 Å². The monoisotopic (exact) mass is 242 g/mol. The minimum Gasteiger partial charge on any atom is -0.393 e. The first-order valence-electron chi connectivity index (χ1n) is 6.83. The molecule has 1 amide bonds. The fourth-order valence-electron chi connectivity index (χ4n) is 2.42. The smallest absolute Gasteiger partial charge is 0.236 e. The number of likely N-dealkylation sites (N-methyl/N-ethyl adjacent to an activating group) is 1. The molecular weight excluding hydrogens is 216 g/mol. The van der Waals surface area contributed by atoms with Gasteiger partial charge in [0.25, 0.3) is 0 Å². The second kappa shape index (κ2) is 7.67. The lowest BCUT2D eigenvalue weighted by atomic mass is 9.87. The van der Waals surface area contributed by atoms with Crippen molar-refractivity contribution in [3.8, 4) is 0 Å². The molecule has 0 aliphatic heterocycles. The second-order valence-electron chi connectivity index (χ2n) is 4.87. The predicted molar refractivity (Wildman–Crippen MR) is 68.8 cm³/mol. The van der Waals surface area contributed by atoms with Gasteiger partial charge >= 0.3 is 0 Å². The van der Waals surface area contributed by atoms with E-state index in [0.717, 1.165) is 45.3 Å². The highest BCUT2D eigenvalue weighted by Crippen LogP contribution is 2.23. The zero-order valence-corrected chi connectivity index (χ0v) is 11.1. The Morgan fingerprint density at radius 3 is 2.35 bits per heavy atom. The standard InChI is InChI=1S/C13H26N2O2/c1-3-15(4-2)13(17)10-14-9-11-5-7-12(16)8-6-11/h11-12,14,16H,3-10H2,1-2H3. The molecule has 0 bridgehead atoms. The average molecular weight is 242 g/mol. The maximum absolute atomic E-state index is 11.7. The lowest BCUT2D eigenvalue weighted by molar-refractivity contribution is -0.129. The lowest BCUT2D eigenvalue weighted by Crippen LogP contribution is -2.39. The molecule has 0 spiro atoms. The number of amides is 1. The molecular formula is C13H26N2O2. The van der Waals surface area contributed by atoms with Crippen LogP contribution in [0.4, 0.5) is 0 Å². The van der Waals surface area contributed by atoms with Crippen molar-refractivity contribution in [3.63, 3.8) is 0 Å². The van der Waals surface area contributed by atoms with E-state index in [-0.39, 0.29) is 12.0 Å². The van der Waals surface area contributed by atoms with Gasteiger partial charge in [-0.1, -0.05) is 0 Å². The molecule has 1 fully saturated rings. The Morgan fingerprint density at radius 1 is 1.24 bits per heavy atom. The minimum atomic E-state index is -0.0939. The highest BCUT2D eigenvalue weighted by atomic mass is 16.3. The summed E-state index contributed by atoms with van der Waals surface area (Å²) >= 11 is 0. The SMILES string of the molecule is CCN(CC)C(=O)CNCC1CCC(O)CC1. The third kappa shape index (κ3) is 5.04. The number of rotatable bonds is 6. The van der Waals surface area contributed by atoms with Crippen molar-refractivity contribution < 1.29 is 9.90 Å². The summed E-state index contributed by atoms with van der Waals surface area (Å²) in [7, 11) is 0. The summed E-state index contributed by atoms with van der Waals surface area (Å²) in [5.41, 5.74) is 0. The lowest BCUT2D eigenvalue weighted by Gasteiger charge is -2.26. The quantitative estimate of drug-likeness (QED) is 0.730. The van der Waals surface area contributed by atoms with Gasteiger partial charge in [-0.3, -0.25) is 4.79 Å². The van der Waals surface area contributed by atoms with Crippen LogP contribution in [-0.4, -0.2) is 48.2 Å². The second-order valence-corrected chi connectivity index (χ2v) is 4.87. The van der Waals surface area contributed by atoms with E-state index in [1.54, 1.807) is 0 Å². The first-order chi connectivity index (χ1) is 8.17. The molecule has 4 heteroatoms. The van der Waals surface area contributed by atoms with Crippen LogP contribution in [0.15, 0.2) is 0 Å². The van der Waals surface area contributed by atoms with Crippen LogP contribution in [0.2, 0.25) is 0 Å². The summed E-state index contributed by atoms with van der Waals surface area (Å²) in [5.74, 6) is 0.814. The van der Waals surface area contributed by atoms with E-state index in [9.17, 15) is 9.90 Å². The Labute approximate surface area is 104 Å². The summed E-state index contributed by atoms with van der Waals surface area (Å²) in [6, 6.07) is 0. The van der Waals surface area contributed by atoms with Crippen molar-refractivity contribution in [1.29, 1.82) is 0 Å². The molecule has 0 radical (unpaired) electrons. The van der Waals surface area contributed by atoms with E-state index >= 15 is 0 Å². The first-order valence-corrected chi connectivity index (χ1v) is 6.83. The van der Waals surface area contributed by atoms with Crippen molar-refractivity contribution in [2.75, 3.05) is 26.2 Å². The number of hydrogen-bond acceptors (Lipinski definition) is 3. The van der Waals surface area contributed by atoms with Crippen LogP contribution >= 0.6 is 0 Å². The summed E-state index contributed by atoms with van der Waals surface area (Å²) in [6.07, 6.45) is 3.89. The van der Waals surface area contributed by atoms with Gasteiger partial charge in [-0.2, -0.15) is 0 Å². The van der Waals surface area contributed by atoms with Crippen LogP contribution in [0.5, 0.6) is 0 Å². The molecule has 0 aromatic rings. The Hall–Kier alpha value is -0.610. The number of carbonyl (C=O) groups is 1. The topological polar surface area (TPSA) is 52.6 Å². The molecule has 0 atom stereocenters. The van der Waals surface area contributed by atoms with E-state index in [2.05, 4.69) is 5.32 Å². The van der Waals surface area contributed by atoms with Crippen LogP contribution in [0.25, 0.3) is 0 Å². The molecule has 0 saturated heterocycles. The van der Waals surface area contributed by atoms with Crippen molar-refractivity contribution in [3.05, 3.63) is 0 Å². The van der Waals surface area contributed by atoms with E-state index in [4.69, 9.17) is 0 Å². The largest absolute Gasteiger partial charge is 0.393 e. The number of nitrogens with zero attached hydrogens (tertiary/aromatic N) is 1. The van der Waals surface area contributed by atoms with Crippen molar-refractivity contribution >= 4 is 5.91 Å². The highest BCUT2D eigenvalue weighted by Gasteiger charge is 2.19. The Bertz CT molecular complexity index is 221. The summed E-state index contributed by atoms with van der Waals surface area (Å²) in [5, 5.41) is 12.6.